The van der Waals surface area contributed by atoms with E-state index in [0.29, 0.717) is 13.0 Å². The lowest BCUT2D eigenvalue weighted by molar-refractivity contribution is -0.146. The van der Waals surface area contributed by atoms with Crippen molar-refractivity contribution >= 4 is 11.8 Å². The number of rotatable bonds is 3. The van der Waals surface area contributed by atoms with Crippen molar-refractivity contribution in [2.75, 3.05) is 33.7 Å². The summed E-state index contributed by atoms with van der Waals surface area (Å²) in [6, 6.07) is 1.56. The van der Waals surface area contributed by atoms with Gasteiger partial charge in [0.25, 0.3) is 0 Å². The zero-order chi connectivity index (χ0) is 13.7. The van der Waals surface area contributed by atoms with E-state index in [4.69, 9.17) is 5.26 Å². The minimum absolute atomic E-state index is 0.164. The fourth-order valence-electron chi connectivity index (χ4n) is 2.06. The summed E-state index contributed by atoms with van der Waals surface area (Å²) >= 11 is 0. The standard InChI is InChI=1S/C11H18N4O3/c1-14(2)6-8-5-9(16)7-15(8)11(18)10(17)13-4-3-12/h8-9,16H,4-7H2,1-2H3,(H,13,17). The summed E-state index contributed by atoms with van der Waals surface area (Å²) in [5.41, 5.74) is 0. The summed E-state index contributed by atoms with van der Waals surface area (Å²) in [5.74, 6) is -1.48. The van der Waals surface area contributed by atoms with Crippen LogP contribution >= 0.6 is 0 Å². The van der Waals surface area contributed by atoms with Crippen LogP contribution in [0.5, 0.6) is 0 Å². The molecule has 0 bridgehead atoms. The lowest BCUT2D eigenvalue weighted by Crippen LogP contribution is -2.48. The second-order valence-electron chi connectivity index (χ2n) is 4.60. The highest BCUT2D eigenvalue weighted by atomic mass is 16.3. The summed E-state index contributed by atoms with van der Waals surface area (Å²) in [6.07, 6.45) is -0.127. The van der Waals surface area contributed by atoms with E-state index in [0.717, 1.165) is 0 Å². The molecular formula is C11H18N4O3. The van der Waals surface area contributed by atoms with Gasteiger partial charge in [-0.2, -0.15) is 5.26 Å². The number of hydrogen-bond acceptors (Lipinski definition) is 5. The van der Waals surface area contributed by atoms with Gasteiger partial charge in [-0.1, -0.05) is 0 Å². The second-order valence-corrected chi connectivity index (χ2v) is 4.60. The van der Waals surface area contributed by atoms with Gasteiger partial charge in [-0.25, -0.2) is 0 Å². The predicted molar refractivity (Wildman–Crippen MR) is 63.3 cm³/mol. The number of aliphatic hydroxyl groups excluding tert-OH is 1. The topological polar surface area (TPSA) is 96.7 Å². The highest BCUT2D eigenvalue weighted by Crippen LogP contribution is 2.18. The number of likely N-dealkylation sites (N-methyl/N-ethyl adjacent to an activating group) is 1. The van der Waals surface area contributed by atoms with Crippen molar-refractivity contribution in [3.8, 4) is 6.07 Å². The van der Waals surface area contributed by atoms with Crippen LogP contribution in [0, 0.1) is 11.3 Å². The smallest absolute Gasteiger partial charge is 0.312 e. The molecule has 1 heterocycles. The summed E-state index contributed by atoms with van der Waals surface area (Å²) in [7, 11) is 3.73. The molecule has 1 aliphatic rings. The average Bonchev–Trinajstić information content (AvgIpc) is 2.65. The molecular weight excluding hydrogens is 236 g/mol. The van der Waals surface area contributed by atoms with Crippen molar-refractivity contribution in [2.45, 2.75) is 18.6 Å². The van der Waals surface area contributed by atoms with Gasteiger partial charge in [-0.05, 0) is 20.5 Å². The third-order valence-corrected chi connectivity index (χ3v) is 2.75. The van der Waals surface area contributed by atoms with Crippen LogP contribution in [0.2, 0.25) is 0 Å². The Labute approximate surface area is 106 Å². The molecule has 2 unspecified atom stereocenters. The lowest BCUT2D eigenvalue weighted by Gasteiger charge is -2.26. The van der Waals surface area contributed by atoms with Gasteiger partial charge in [0.05, 0.1) is 12.2 Å². The Morgan fingerprint density at radius 2 is 2.22 bits per heavy atom. The number of nitrogens with zero attached hydrogens (tertiary/aromatic N) is 3. The van der Waals surface area contributed by atoms with Crippen LogP contribution in [-0.4, -0.2) is 72.6 Å². The summed E-state index contributed by atoms with van der Waals surface area (Å²) in [4.78, 5) is 26.6. The lowest BCUT2D eigenvalue weighted by atomic mass is 10.2. The highest BCUT2D eigenvalue weighted by molar-refractivity contribution is 6.35. The number of carbonyl (C=O) groups is 2. The van der Waals surface area contributed by atoms with Crippen LogP contribution in [0.15, 0.2) is 0 Å². The molecule has 7 heteroatoms. The SMILES string of the molecule is CN(C)CC1CC(O)CN1C(=O)C(=O)NCC#N. The first-order valence-corrected chi connectivity index (χ1v) is 5.74. The van der Waals surface area contributed by atoms with E-state index in [1.165, 1.54) is 4.90 Å². The van der Waals surface area contributed by atoms with E-state index in [1.54, 1.807) is 6.07 Å². The number of hydrogen-bond donors (Lipinski definition) is 2. The minimum Gasteiger partial charge on any atom is -0.391 e. The number of aliphatic hydroxyl groups is 1. The quantitative estimate of drug-likeness (QED) is 0.455. The van der Waals surface area contributed by atoms with Crippen molar-refractivity contribution in [1.82, 2.24) is 15.1 Å². The number of nitrogens with one attached hydrogen (secondary N) is 1. The zero-order valence-electron chi connectivity index (χ0n) is 10.6. The first-order valence-electron chi connectivity index (χ1n) is 5.74. The molecule has 0 aromatic rings. The predicted octanol–water partition coefficient (Wildman–Crippen LogP) is -1.85. The molecule has 0 saturated carbocycles. The number of likely N-dealkylation sites (tertiary alicyclic amines) is 1. The van der Waals surface area contributed by atoms with Crippen LogP contribution in [0.4, 0.5) is 0 Å². The van der Waals surface area contributed by atoms with Gasteiger partial charge < -0.3 is 20.2 Å². The van der Waals surface area contributed by atoms with Gasteiger partial charge >= 0.3 is 11.8 Å². The molecule has 2 N–H and O–H groups in total. The van der Waals surface area contributed by atoms with Crippen molar-refractivity contribution in [2.24, 2.45) is 0 Å². The third-order valence-electron chi connectivity index (χ3n) is 2.75. The molecule has 1 fully saturated rings. The zero-order valence-corrected chi connectivity index (χ0v) is 10.6. The molecule has 0 spiro atoms. The minimum atomic E-state index is -0.797. The first kappa shape index (κ1) is 14.4. The van der Waals surface area contributed by atoms with E-state index >= 15 is 0 Å². The number of amides is 2. The monoisotopic (exact) mass is 254 g/mol. The average molecular weight is 254 g/mol. The Morgan fingerprint density at radius 3 is 2.78 bits per heavy atom. The van der Waals surface area contributed by atoms with Gasteiger partial charge in [0.2, 0.25) is 0 Å². The molecule has 100 valence electrons. The van der Waals surface area contributed by atoms with E-state index < -0.39 is 17.9 Å². The molecule has 0 radical (unpaired) electrons. The Kier molecular flexibility index (Phi) is 5.07. The van der Waals surface area contributed by atoms with Crippen LogP contribution in [-0.2, 0) is 9.59 Å². The van der Waals surface area contributed by atoms with Gasteiger partial charge in [-0.3, -0.25) is 9.59 Å². The number of β-amino-alcohol motifs (C(OH)–C–C–N with tert-alkyl or cyclic N) is 1. The highest BCUT2D eigenvalue weighted by Gasteiger charge is 2.36. The molecule has 0 aromatic heterocycles. The van der Waals surface area contributed by atoms with E-state index in [2.05, 4.69) is 5.32 Å². The fraction of sp³-hybridized carbons (Fsp3) is 0.727. The van der Waals surface area contributed by atoms with E-state index in [9.17, 15) is 14.7 Å². The molecule has 1 aliphatic heterocycles. The van der Waals surface area contributed by atoms with E-state index in [-0.39, 0.29) is 19.1 Å². The van der Waals surface area contributed by atoms with Crippen LogP contribution in [0.25, 0.3) is 0 Å². The summed E-state index contributed by atoms with van der Waals surface area (Å²) in [5, 5.41) is 20.1. The molecule has 2 amide bonds. The van der Waals surface area contributed by atoms with Crippen LogP contribution in [0.3, 0.4) is 0 Å². The number of nitriles is 1. The van der Waals surface area contributed by atoms with Crippen molar-refractivity contribution in [1.29, 1.82) is 5.26 Å². The maximum Gasteiger partial charge on any atom is 0.312 e. The maximum absolute atomic E-state index is 11.9. The number of carbonyl (C=O) groups excluding carboxylic acids is 2. The maximum atomic E-state index is 11.9. The Morgan fingerprint density at radius 1 is 1.56 bits per heavy atom. The van der Waals surface area contributed by atoms with Gasteiger partial charge in [-0.15, -0.1) is 0 Å². The molecule has 18 heavy (non-hydrogen) atoms. The van der Waals surface area contributed by atoms with Crippen molar-refractivity contribution < 1.29 is 14.7 Å². The first-order chi connectivity index (χ1) is 8.45. The summed E-state index contributed by atoms with van der Waals surface area (Å²) < 4.78 is 0. The van der Waals surface area contributed by atoms with Crippen LogP contribution < -0.4 is 5.32 Å². The second kappa shape index (κ2) is 6.33. The molecule has 7 nitrogen and oxygen atoms in total. The third kappa shape index (κ3) is 3.68. The van der Waals surface area contributed by atoms with Gasteiger partial charge in [0.15, 0.2) is 0 Å². The van der Waals surface area contributed by atoms with Gasteiger partial charge in [0.1, 0.15) is 6.54 Å². The molecule has 1 rings (SSSR count). The summed E-state index contributed by atoms with van der Waals surface area (Å²) in [6.45, 7) is 0.560. The van der Waals surface area contributed by atoms with E-state index in [1.807, 2.05) is 19.0 Å². The molecule has 0 aromatic carbocycles. The largest absolute Gasteiger partial charge is 0.391 e. The van der Waals surface area contributed by atoms with Crippen molar-refractivity contribution in [3.63, 3.8) is 0 Å². The molecule has 1 saturated heterocycles. The van der Waals surface area contributed by atoms with Crippen molar-refractivity contribution in [3.05, 3.63) is 0 Å². The Bertz CT molecular complexity index is 364. The van der Waals surface area contributed by atoms with Crippen LogP contribution in [0.1, 0.15) is 6.42 Å². The fourth-order valence-corrected chi connectivity index (χ4v) is 2.06. The molecule has 0 aliphatic carbocycles. The Balaban J connectivity index is 2.64. The molecule has 2 atom stereocenters. The Hall–Kier alpha value is -1.65. The normalized spacial score (nSPS) is 22.9. The van der Waals surface area contributed by atoms with Gasteiger partial charge in [0, 0.05) is 19.1 Å².